The van der Waals surface area contributed by atoms with Crippen molar-refractivity contribution in [2.45, 2.75) is 19.8 Å². The Morgan fingerprint density at radius 1 is 1.09 bits per heavy atom. The third-order valence-corrected chi connectivity index (χ3v) is 3.25. The summed E-state index contributed by atoms with van der Waals surface area (Å²) >= 11 is 0. The van der Waals surface area contributed by atoms with Gasteiger partial charge in [0, 0.05) is 18.5 Å². The first-order valence-electron chi connectivity index (χ1n) is 7.34. The number of aromatic nitrogens is 1. The Hall–Kier alpha value is -2.95. The molecule has 0 spiro atoms. The second-order valence-corrected chi connectivity index (χ2v) is 5.34. The number of rotatable bonds is 4. The minimum Gasteiger partial charge on any atom is -0.268 e. The Morgan fingerprint density at radius 2 is 1.83 bits per heavy atom. The average molecular weight is 309 g/mol. The Bertz CT molecular complexity index is 692. The number of nitrogens with zero attached hydrogens (tertiary/aromatic N) is 1. The van der Waals surface area contributed by atoms with Crippen molar-refractivity contribution < 1.29 is 9.59 Å². The van der Waals surface area contributed by atoms with Crippen molar-refractivity contribution in [1.82, 2.24) is 15.8 Å². The van der Waals surface area contributed by atoms with Crippen LogP contribution in [0.25, 0.3) is 6.08 Å². The second-order valence-electron chi connectivity index (χ2n) is 5.34. The van der Waals surface area contributed by atoms with Gasteiger partial charge in [0.2, 0.25) is 0 Å². The molecule has 0 aliphatic heterocycles. The van der Waals surface area contributed by atoms with Gasteiger partial charge >= 0.3 is 0 Å². The third-order valence-electron chi connectivity index (χ3n) is 3.25. The van der Waals surface area contributed by atoms with E-state index < -0.39 is 11.8 Å². The summed E-state index contributed by atoms with van der Waals surface area (Å²) in [6.07, 6.45) is 6.06. The van der Waals surface area contributed by atoms with Gasteiger partial charge in [-0.25, -0.2) is 0 Å². The summed E-state index contributed by atoms with van der Waals surface area (Å²) in [7, 11) is 0. The molecule has 0 atom stereocenters. The molecule has 2 N–H and O–H groups in total. The number of nitrogens with one attached hydrogen (secondary N) is 2. The predicted molar refractivity (Wildman–Crippen MR) is 89.4 cm³/mol. The fourth-order valence-corrected chi connectivity index (χ4v) is 1.89. The lowest BCUT2D eigenvalue weighted by atomic mass is 10.0. The number of amides is 2. The lowest BCUT2D eigenvalue weighted by Gasteiger charge is -2.05. The standard InChI is InChI=1S/C18H19N3O2/c1-13(2)15-8-5-14(6-9-15)7-10-17(22)20-21-18(23)16-4-3-11-19-12-16/h3-13H,1-2H3,(H,20,22)(H,21,23)/b10-7+. The highest BCUT2D eigenvalue weighted by Gasteiger charge is 2.05. The minimum atomic E-state index is -0.416. The van der Waals surface area contributed by atoms with Gasteiger partial charge in [-0.2, -0.15) is 0 Å². The molecule has 0 aliphatic rings. The van der Waals surface area contributed by atoms with Gasteiger partial charge in [0.15, 0.2) is 0 Å². The van der Waals surface area contributed by atoms with Crippen LogP contribution in [0, 0.1) is 0 Å². The zero-order valence-corrected chi connectivity index (χ0v) is 13.1. The molecule has 1 heterocycles. The fourth-order valence-electron chi connectivity index (χ4n) is 1.89. The van der Waals surface area contributed by atoms with Crippen LogP contribution in [0.5, 0.6) is 0 Å². The zero-order valence-electron chi connectivity index (χ0n) is 13.1. The lowest BCUT2D eigenvalue weighted by molar-refractivity contribution is -0.117. The van der Waals surface area contributed by atoms with Crippen molar-refractivity contribution in [3.05, 3.63) is 71.6 Å². The maximum absolute atomic E-state index is 11.7. The molecule has 2 amide bonds. The first kappa shape index (κ1) is 16.4. The fraction of sp³-hybridized carbons (Fsp3) is 0.167. The molecule has 0 saturated carbocycles. The molecule has 0 bridgehead atoms. The molecule has 23 heavy (non-hydrogen) atoms. The quantitative estimate of drug-likeness (QED) is 0.674. The highest BCUT2D eigenvalue weighted by molar-refractivity contribution is 5.97. The number of carbonyl (C=O) groups excluding carboxylic acids is 2. The summed E-state index contributed by atoms with van der Waals surface area (Å²) in [5.41, 5.74) is 7.20. The molecule has 0 unspecified atom stereocenters. The summed E-state index contributed by atoms with van der Waals surface area (Å²) in [6.45, 7) is 4.26. The van der Waals surface area contributed by atoms with Crippen LogP contribution in [0.2, 0.25) is 0 Å². The van der Waals surface area contributed by atoms with Crippen LogP contribution >= 0.6 is 0 Å². The third kappa shape index (κ3) is 5.07. The van der Waals surface area contributed by atoms with Crippen molar-refractivity contribution in [2.75, 3.05) is 0 Å². The smallest absolute Gasteiger partial charge is 0.268 e. The molecular formula is C18H19N3O2. The molecule has 0 saturated heterocycles. The van der Waals surface area contributed by atoms with E-state index in [1.54, 1.807) is 24.4 Å². The molecule has 0 radical (unpaired) electrons. The Balaban J connectivity index is 1.85. The van der Waals surface area contributed by atoms with E-state index in [0.717, 1.165) is 5.56 Å². The maximum Gasteiger partial charge on any atom is 0.271 e. The van der Waals surface area contributed by atoms with Gasteiger partial charge in [-0.3, -0.25) is 25.4 Å². The first-order chi connectivity index (χ1) is 11.1. The molecule has 2 aromatic rings. The van der Waals surface area contributed by atoms with Crippen LogP contribution in [0.3, 0.4) is 0 Å². The number of hydrogen-bond donors (Lipinski definition) is 2. The molecule has 1 aromatic carbocycles. The van der Waals surface area contributed by atoms with Crippen molar-refractivity contribution in [1.29, 1.82) is 0 Å². The van der Waals surface area contributed by atoms with Crippen LogP contribution in [-0.2, 0) is 4.79 Å². The molecule has 5 heteroatoms. The highest BCUT2D eigenvalue weighted by atomic mass is 16.2. The Labute approximate surface area is 135 Å². The van der Waals surface area contributed by atoms with Crippen molar-refractivity contribution in [3.63, 3.8) is 0 Å². The van der Waals surface area contributed by atoms with Crippen LogP contribution in [0.15, 0.2) is 54.9 Å². The monoisotopic (exact) mass is 309 g/mol. The summed E-state index contributed by atoms with van der Waals surface area (Å²) in [4.78, 5) is 27.3. The average Bonchev–Trinajstić information content (AvgIpc) is 2.59. The van der Waals surface area contributed by atoms with Gasteiger partial charge in [-0.1, -0.05) is 38.1 Å². The summed E-state index contributed by atoms with van der Waals surface area (Å²) in [5.74, 6) is -0.352. The van der Waals surface area contributed by atoms with E-state index >= 15 is 0 Å². The summed E-state index contributed by atoms with van der Waals surface area (Å²) in [5, 5.41) is 0. The summed E-state index contributed by atoms with van der Waals surface area (Å²) < 4.78 is 0. The number of benzene rings is 1. The Morgan fingerprint density at radius 3 is 2.43 bits per heavy atom. The second kappa shape index (κ2) is 7.89. The van der Waals surface area contributed by atoms with Gasteiger partial charge < -0.3 is 0 Å². The predicted octanol–water partition coefficient (Wildman–Crippen LogP) is 2.68. The van der Waals surface area contributed by atoms with Crippen LogP contribution < -0.4 is 10.9 Å². The van der Waals surface area contributed by atoms with Gasteiger partial charge in [0.05, 0.1) is 5.56 Å². The van der Waals surface area contributed by atoms with Crippen molar-refractivity contribution in [3.8, 4) is 0 Å². The lowest BCUT2D eigenvalue weighted by Crippen LogP contribution is -2.40. The van der Waals surface area contributed by atoms with Crippen LogP contribution in [0.1, 0.15) is 41.3 Å². The molecule has 0 fully saturated rings. The van der Waals surface area contributed by atoms with Gasteiger partial charge in [0.1, 0.15) is 0 Å². The normalized spacial score (nSPS) is 10.7. The van der Waals surface area contributed by atoms with Gasteiger partial charge in [-0.15, -0.1) is 0 Å². The summed E-state index contributed by atoms with van der Waals surface area (Å²) in [6, 6.07) is 11.2. The minimum absolute atomic E-state index is 0.376. The number of carbonyl (C=O) groups is 2. The first-order valence-corrected chi connectivity index (χ1v) is 7.34. The molecule has 118 valence electrons. The van der Waals surface area contributed by atoms with E-state index in [-0.39, 0.29) is 0 Å². The zero-order chi connectivity index (χ0) is 16.7. The van der Waals surface area contributed by atoms with Gasteiger partial charge in [-0.05, 0) is 35.3 Å². The number of hydrazine groups is 1. The SMILES string of the molecule is CC(C)c1ccc(/C=C/C(=O)NNC(=O)c2cccnc2)cc1. The van der Waals surface area contributed by atoms with Crippen molar-refractivity contribution >= 4 is 17.9 Å². The Kier molecular flexibility index (Phi) is 5.63. The van der Waals surface area contributed by atoms with Crippen LogP contribution in [-0.4, -0.2) is 16.8 Å². The highest BCUT2D eigenvalue weighted by Crippen LogP contribution is 2.15. The van der Waals surface area contributed by atoms with E-state index in [9.17, 15) is 9.59 Å². The topological polar surface area (TPSA) is 71.1 Å². The molecule has 1 aromatic heterocycles. The van der Waals surface area contributed by atoms with E-state index in [0.29, 0.717) is 11.5 Å². The maximum atomic E-state index is 11.7. The van der Waals surface area contributed by atoms with Crippen LogP contribution in [0.4, 0.5) is 0 Å². The number of pyridine rings is 1. The van der Waals surface area contributed by atoms with E-state index in [2.05, 4.69) is 29.7 Å². The molecule has 5 nitrogen and oxygen atoms in total. The van der Waals surface area contributed by atoms with Gasteiger partial charge in [0.25, 0.3) is 11.8 Å². The largest absolute Gasteiger partial charge is 0.271 e. The van der Waals surface area contributed by atoms with E-state index in [4.69, 9.17) is 0 Å². The molecule has 2 rings (SSSR count). The molecular weight excluding hydrogens is 290 g/mol. The van der Waals surface area contributed by atoms with E-state index in [1.807, 2.05) is 24.3 Å². The van der Waals surface area contributed by atoms with Crippen molar-refractivity contribution in [2.24, 2.45) is 0 Å². The number of hydrogen-bond acceptors (Lipinski definition) is 3. The van der Waals surface area contributed by atoms with E-state index in [1.165, 1.54) is 17.8 Å². The molecule has 0 aliphatic carbocycles.